The molecule has 0 radical (unpaired) electrons. The number of esters is 1. The third-order valence-corrected chi connectivity index (χ3v) is 4.19. The van der Waals surface area contributed by atoms with E-state index in [-0.39, 0.29) is 24.8 Å². The van der Waals surface area contributed by atoms with Crippen molar-refractivity contribution < 1.29 is 19.1 Å². The van der Waals surface area contributed by atoms with Crippen LogP contribution in [0.15, 0.2) is 54.6 Å². The first-order chi connectivity index (χ1) is 13.0. The molecule has 0 bridgehead atoms. The highest BCUT2D eigenvalue weighted by molar-refractivity contribution is 5.97. The van der Waals surface area contributed by atoms with Crippen LogP contribution in [0.5, 0.6) is 0 Å². The van der Waals surface area contributed by atoms with Crippen LogP contribution in [0.3, 0.4) is 0 Å². The van der Waals surface area contributed by atoms with Gasteiger partial charge in [-0.2, -0.15) is 0 Å². The SMILES string of the molecule is CCN(C(=O)CCN(C(C)=O)c1cccc(C(=O)OC)c1)c1ccccc1. The van der Waals surface area contributed by atoms with E-state index >= 15 is 0 Å². The van der Waals surface area contributed by atoms with Crippen molar-refractivity contribution >= 4 is 29.2 Å². The zero-order valence-electron chi connectivity index (χ0n) is 15.8. The average molecular weight is 368 g/mol. The Balaban J connectivity index is 2.14. The highest BCUT2D eigenvalue weighted by atomic mass is 16.5. The maximum Gasteiger partial charge on any atom is 0.337 e. The van der Waals surface area contributed by atoms with Gasteiger partial charge in [-0.15, -0.1) is 0 Å². The maximum absolute atomic E-state index is 12.7. The minimum absolute atomic E-state index is 0.0703. The molecular formula is C21H24N2O4. The third-order valence-electron chi connectivity index (χ3n) is 4.19. The molecule has 142 valence electrons. The second-order valence-electron chi connectivity index (χ2n) is 5.94. The average Bonchev–Trinajstić information content (AvgIpc) is 2.69. The van der Waals surface area contributed by atoms with Crippen LogP contribution in [0, 0.1) is 0 Å². The summed E-state index contributed by atoms with van der Waals surface area (Å²) in [6.45, 7) is 4.11. The maximum atomic E-state index is 12.7. The smallest absolute Gasteiger partial charge is 0.337 e. The highest BCUT2D eigenvalue weighted by Gasteiger charge is 2.18. The Bertz CT molecular complexity index is 805. The van der Waals surface area contributed by atoms with E-state index < -0.39 is 5.97 Å². The molecule has 0 heterocycles. The summed E-state index contributed by atoms with van der Waals surface area (Å²) in [5, 5.41) is 0. The molecule has 0 fully saturated rings. The van der Waals surface area contributed by atoms with Gasteiger partial charge < -0.3 is 14.5 Å². The summed E-state index contributed by atoms with van der Waals surface area (Å²) in [6, 6.07) is 16.0. The van der Waals surface area contributed by atoms with Crippen LogP contribution < -0.4 is 9.80 Å². The molecule has 0 saturated carbocycles. The van der Waals surface area contributed by atoms with Gasteiger partial charge in [0.05, 0.1) is 12.7 Å². The van der Waals surface area contributed by atoms with Gasteiger partial charge in [0, 0.05) is 37.8 Å². The fourth-order valence-electron chi connectivity index (χ4n) is 2.84. The molecule has 6 heteroatoms. The monoisotopic (exact) mass is 368 g/mol. The number of nitrogens with zero attached hydrogens (tertiary/aromatic N) is 2. The Morgan fingerprint density at radius 3 is 2.19 bits per heavy atom. The van der Waals surface area contributed by atoms with Gasteiger partial charge in [0.2, 0.25) is 11.8 Å². The van der Waals surface area contributed by atoms with Gasteiger partial charge in [-0.25, -0.2) is 4.79 Å². The van der Waals surface area contributed by atoms with Crippen molar-refractivity contribution in [1.82, 2.24) is 0 Å². The second-order valence-corrected chi connectivity index (χ2v) is 5.94. The number of para-hydroxylation sites is 1. The van der Waals surface area contributed by atoms with Crippen molar-refractivity contribution in [3.05, 3.63) is 60.2 Å². The molecular weight excluding hydrogens is 344 g/mol. The fourth-order valence-corrected chi connectivity index (χ4v) is 2.84. The summed E-state index contributed by atoms with van der Waals surface area (Å²) in [5.41, 5.74) is 1.74. The van der Waals surface area contributed by atoms with Crippen molar-refractivity contribution in [1.29, 1.82) is 0 Å². The first-order valence-corrected chi connectivity index (χ1v) is 8.79. The molecule has 6 nitrogen and oxygen atoms in total. The number of hydrogen-bond donors (Lipinski definition) is 0. The normalized spacial score (nSPS) is 10.2. The van der Waals surface area contributed by atoms with E-state index in [0.717, 1.165) is 5.69 Å². The van der Waals surface area contributed by atoms with E-state index in [1.54, 1.807) is 29.2 Å². The molecule has 0 aliphatic heterocycles. The summed E-state index contributed by atoms with van der Waals surface area (Å²) in [5.74, 6) is -0.746. The summed E-state index contributed by atoms with van der Waals surface area (Å²) in [6.07, 6.45) is 0.171. The Kier molecular flexibility index (Phi) is 7.11. The fraction of sp³-hybridized carbons (Fsp3) is 0.286. The van der Waals surface area contributed by atoms with Gasteiger partial charge in [-0.3, -0.25) is 9.59 Å². The van der Waals surface area contributed by atoms with E-state index in [1.165, 1.54) is 18.9 Å². The molecule has 0 saturated heterocycles. The van der Waals surface area contributed by atoms with Gasteiger partial charge >= 0.3 is 5.97 Å². The Morgan fingerprint density at radius 1 is 0.926 bits per heavy atom. The predicted molar refractivity (Wildman–Crippen MR) is 105 cm³/mol. The zero-order chi connectivity index (χ0) is 19.8. The molecule has 2 aromatic carbocycles. The molecule has 2 rings (SSSR count). The van der Waals surface area contributed by atoms with E-state index in [0.29, 0.717) is 17.8 Å². The molecule has 0 atom stereocenters. The lowest BCUT2D eigenvalue weighted by Crippen LogP contribution is -2.36. The van der Waals surface area contributed by atoms with Crippen LogP contribution in [-0.4, -0.2) is 38.0 Å². The number of hydrogen-bond acceptors (Lipinski definition) is 4. The van der Waals surface area contributed by atoms with Crippen LogP contribution >= 0.6 is 0 Å². The minimum atomic E-state index is -0.474. The predicted octanol–water partition coefficient (Wildman–Crippen LogP) is 3.27. The molecule has 0 aliphatic rings. The summed E-state index contributed by atoms with van der Waals surface area (Å²) >= 11 is 0. The zero-order valence-corrected chi connectivity index (χ0v) is 15.8. The lowest BCUT2D eigenvalue weighted by Gasteiger charge is -2.25. The summed E-state index contributed by atoms with van der Waals surface area (Å²) in [4.78, 5) is 39.7. The van der Waals surface area contributed by atoms with Crippen molar-refractivity contribution in [3.8, 4) is 0 Å². The van der Waals surface area contributed by atoms with Gasteiger partial charge in [-0.1, -0.05) is 24.3 Å². The van der Waals surface area contributed by atoms with Crippen LogP contribution in [0.2, 0.25) is 0 Å². The quantitative estimate of drug-likeness (QED) is 0.704. The largest absolute Gasteiger partial charge is 0.465 e. The first kappa shape index (κ1) is 20.2. The molecule has 27 heavy (non-hydrogen) atoms. The summed E-state index contributed by atoms with van der Waals surface area (Å²) in [7, 11) is 1.30. The highest BCUT2D eigenvalue weighted by Crippen LogP contribution is 2.19. The van der Waals surface area contributed by atoms with Crippen LogP contribution in [-0.2, 0) is 14.3 Å². The summed E-state index contributed by atoms with van der Waals surface area (Å²) < 4.78 is 4.72. The van der Waals surface area contributed by atoms with E-state index in [2.05, 4.69) is 0 Å². The standard InChI is InChI=1S/C21H24N2O4/c1-4-22(18-10-6-5-7-11-18)20(25)13-14-23(16(2)24)19-12-8-9-17(15-19)21(26)27-3/h5-12,15H,4,13-14H2,1-3H3. The van der Waals surface area contributed by atoms with E-state index in [1.807, 2.05) is 37.3 Å². The van der Waals surface area contributed by atoms with Crippen LogP contribution in [0.4, 0.5) is 11.4 Å². The van der Waals surface area contributed by atoms with Crippen molar-refractivity contribution in [2.75, 3.05) is 30.0 Å². The molecule has 0 aliphatic carbocycles. The molecule has 0 N–H and O–H groups in total. The lowest BCUT2D eigenvalue weighted by molar-refractivity contribution is -0.118. The van der Waals surface area contributed by atoms with Gasteiger partial charge in [0.1, 0.15) is 0 Å². The molecule has 0 unspecified atom stereocenters. The van der Waals surface area contributed by atoms with Gasteiger partial charge in [0.25, 0.3) is 0 Å². The number of carbonyl (C=O) groups excluding carboxylic acids is 3. The van der Waals surface area contributed by atoms with Crippen molar-refractivity contribution in [2.45, 2.75) is 20.3 Å². The lowest BCUT2D eigenvalue weighted by atomic mass is 10.1. The number of benzene rings is 2. The molecule has 2 amide bonds. The third kappa shape index (κ3) is 5.17. The number of ether oxygens (including phenoxy) is 1. The topological polar surface area (TPSA) is 66.9 Å². The number of methoxy groups -OCH3 is 1. The number of anilines is 2. The number of rotatable bonds is 7. The Morgan fingerprint density at radius 2 is 1.59 bits per heavy atom. The molecule has 0 aromatic heterocycles. The van der Waals surface area contributed by atoms with Crippen molar-refractivity contribution in [2.24, 2.45) is 0 Å². The second kappa shape index (κ2) is 9.52. The minimum Gasteiger partial charge on any atom is -0.465 e. The Labute approximate surface area is 159 Å². The van der Waals surface area contributed by atoms with E-state index in [4.69, 9.17) is 4.74 Å². The van der Waals surface area contributed by atoms with Gasteiger partial charge in [-0.05, 0) is 37.3 Å². The van der Waals surface area contributed by atoms with Crippen LogP contribution in [0.25, 0.3) is 0 Å². The molecule has 2 aromatic rings. The van der Waals surface area contributed by atoms with Gasteiger partial charge in [0.15, 0.2) is 0 Å². The van der Waals surface area contributed by atoms with Crippen LogP contribution in [0.1, 0.15) is 30.6 Å². The number of carbonyl (C=O) groups is 3. The van der Waals surface area contributed by atoms with E-state index in [9.17, 15) is 14.4 Å². The van der Waals surface area contributed by atoms with Crippen molar-refractivity contribution in [3.63, 3.8) is 0 Å². The Hall–Kier alpha value is -3.15. The number of amides is 2. The first-order valence-electron chi connectivity index (χ1n) is 8.79. The molecule has 0 spiro atoms.